The zero-order chi connectivity index (χ0) is 17.7. The van der Waals surface area contributed by atoms with Gasteiger partial charge in [0, 0.05) is 19.3 Å². The summed E-state index contributed by atoms with van der Waals surface area (Å²) in [7, 11) is 0. The summed E-state index contributed by atoms with van der Waals surface area (Å²) < 4.78 is 43.7. The van der Waals surface area contributed by atoms with E-state index >= 15 is 0 Å². The minimum atomic E-state index is -4.50. The quantitative estimate of drug-likeness (QED) is 0.784. The summed E-state index contributed by atoms with van der Waals surface area (Å²) in [6, 6.07) is 0.666. The van der Waals surface area contributed by atoms with E-state index in [1.165, 1.54) is 0 Å². The van der Waals surface area contributed by atoms with E-state index in [1.54, 1.807) is 30.6 Å². The maximum Gasteiger partial charge on any atom is 0.433 e. The number of aromatic nitrogens is 2. The molecule has 2 bridgehead atoms. The number of hydrogen-bond donors (Lipinski definition) is 0. The summed E-state index contributed by atoms with van der Waals surface area (Å²) in [6.45, 7) is 6.19. The Hall–Kier alpha value is -2.06. The highest BCUT2D eigenvalue weighted by Crippen LogP contribution is 2.35. The second kappa shape index (κ2) is 5.49. The Morgan fingerprint density at radius 1 is 1.25 bits per heavy atom. The number of carbonyl (C=O) groups is 1. The number of ether oxygens (including phenoxy) is 1. The Bertz CT molecular complexity index is 644. The Labute approximate surface area is 137 Å². The Kier molecular flexibility index (Phi) is 3.84. The van der Waals surface area contributed by atoms with Crippen molar-refractivity contribution in [3.05, 3.63) is 18.0 Å². The minimum absolute atomic E-state index is 0.0566. The van der Waals surface area contributed by atoms with Crippen molar-refractivity contribution in [3.63, 3.8) is 0 Å². The molecule has 24 heavy (non-hydrogen) atoms. The highest BCUT2D eigenvalue weighted by Gasteiger charge is 2.47. The number of halogens is 3. The van der Waals surface area contributed by atoms with Crippen LogP contribution < -0.4 is 4.90 Å². The first-order chi connectivity index (χ1) is 11.0. The van der Waals surface area contributed by atoms with Gasteiger partial charge in [-0.2, -0.15) is 13.2 Å². The van der Waals surface area contributed by atoms with Gasteiger partial charge >= 0.3 is 12.3 Å². The molecule has 2 atom stereocenters. The number of rotatable bonds is 1. The van der Waals surface area contributed by atoms with Gasteiger partial charge in [-0.3, -0.25) is 0 Å². The van der Waals surface area contributed by atoms with Gasteiger partial charge in [0.2, 0.25) is 5.95 Å². The van der Waals surface area contributed by atoms with Crippen LogP contribution >= 0.6 is 0 Å². The number of fused-ring (bicyclic) bond motifs is 2. The number of piperazine rings is 1. The van der Waals surface area contributed by atoms with Crippen LogP contribution in [0.1, 0.15) is 32.9 Å². The second-order valence-electron chi connectivity index (χ2n) is 7.07. The molecule has 0 aromatic carbocycles. The lowest BCUT2D eigenvalue weighted by Gasteiger charge is -2.35. The maximum absolute atomic E-state index is 12.8. The molecule has 0 saturated carbocycles. The molecule has 1 aromatic heterocycles. The highest BCUT2D eigenvalue weighted by molar-refractivity contribution is 5.70. The molecule has 2 aliphatic heterocycles. The zero-order valence-electron chi connectivity index (χ0n) is 13.7. The summed E-state index contributed by atoms with van der Waals surface area (Å²) in [6.07, 6.45) is -3.10. The van der Waals surface area contributed by atoms with Crippen LogP contribution in [0.2, 0.25) is 0 Å². The summed E-state index contributed by atoms with van der Waals surface area (Å²) in [5.74, 6) is 0.0566. The number of alkyl halides is 3. The average Bonchev–Trinajstić information content (AvgIpc) is 3.04. The third-order valence-electron chi connectivity index (χ3n) is 4.06. The molecule has 132 valence electrons. The molecule has 0 unspecified atom stereocenters. The van der Waals surface area contributed by atoms with Crippen LogP contribution in [0, 0.1) is 0 Å². The Morgan fingerprint density at radius 3 is 2.50 bits per heavy atom. The first-order valence-electron chi connectivity index (χ1n) is 7.71. The Morgan fingerprint density at radius 2 is 1.96 bits per heavy atom. The number of carbonyl (C=O) groups excluding carboxylic acids is 1. The van der Waals surface area contributed by atoms with E-state index in [0.717, 1.165) is 12.3 Å². The normalized spacial score (nSPS) is 23.8. The highest BCUT2D eigenvalue weighted by atomic mass is 19.4. The lowest BCUT2D eigenvalue weighted by atomic mass is 10.2. The van der Waals surface area contributed by atoms with E-state index in [1.807, 2.05) is 0 Å². The van der Waals surface area contributed by atoms with Crippen LogP contribution in [0.15, 0.2) is 12.3 Å². The predicted octanol–water partition coefficient (Wildman–Crippen LogP) is 2.69. The van der Waals surface area contributed by atoms with Gasteiger partial charge in [-0.1, -0.05) is 0 Å². The fourth-order valence-electron chi connectivity index (χ4n) is 3.10. The number of anilines is 1. The van der Waals surface area contributed by atoms with E-state index < -0.39 is 17.5 Å². The zero-order valence-corrected chi connectivity index (χ0v) is 13.7. The number of hydrogen-bond acceptors (Lipinski definition) is 5. The molecule has 2 fully saturated rings. The van der Waals surface area contributed by atoms with Gasteiger partial charge in [0.05, 0.1) is 12.1 Å². The first kappa shape index (κ1) is 16.8. The molecule has 6 nitrogen and oxygen atoms in total. The van der Waals surface area contributed by atoms with Gasteiger partial charge in [-0.15, -0.1) is 0 Å². The summed E-state index contributed by atoms with van der Waals surface area (Å²) in [4.78, 5) is 23.2. The van der Waals surface area contributed by atoms with Crippen molar-refractivity contribution >= 4 is 12.0 Å². The molecule has 9 heteroatoms. The van der Waals surface area contributed by atoms with Crippen LogP contribution in [0.5, 0.6) is 0 Å². The lowest BCUT2D eigenvalue weighted by molar-refractivity contribution is -0.141. The average molecular weight is 344 g/mol. The standard InChI is InChI=1S/C15H19F3N4O2/c1-14(2,3)24-13(23)22-8-9-6-10(22)7-21(9)12-19-5-4-11(20-12)15(16,17)18/h4-5,9-10H,6-8H2,1-3H3/t9-,10-/m0/s1. The Balaban J connectivity index is 1.71. The van der Waals surface area contributed by atoms with Crippen molar-refractivity contribution in [2.75, 3.05) is 18.0 Å². The van der Waals surface area contributed by atoms with Crippen molar-refractivity contribution in [1.82, 2.24) is 14.9 Å². The van der Waals surface area contributed by atoms with E-state index in [2.05, 4.69) is 9.97 Å². The van der Waals surface area contributed by atoms with Gasteiger partial charge in [0.25, 0.3) is 0 Å². The summed E-state index contributed by atoms with van der Waals surface area (Å²) in [5.41, 5.74) is -1.54. The van der Waals surface area contributed by atoms with E-state index in [4.69, 9.17) is 4.74 Å². The van der Waals surface area contributed by atoms with Gasteiger partial charge in [0.15, 0.2) is 0 Å². The SMILES string of the molecule is CC(C)(C)OC(=O)N1C[C@@H]2C[C@H]1CN2c1nccc(C(F)(F)F)n1. The molecule has 0 radical (unpaired) electrons. The molecule has 1 amide bonds. The lowest BCUT2D eigenvalue weighted by Crippen LogP contribution is -2.50. The third kappa shape index (κ3) is 3.25. The van der Waals surface area contributed by atoms with Gasteiger partial charge in [-0.25, -0.2) is 14.8 Å². The van der Waals surface area contributed by atoms with E-state index in [-0.39, 0.29) is 24.1 Å². The fourth-order valence-corrected chi connectivity index (χ4v) is 3.10. The van der Waals surface area contributed by atoms with Gasteiger partial charge in [-0.05, 0) is 33.3 Å². The van der Waals surface area contributed by atoms with Crippen molar-refractivity contribution in [3.8, 4) is 0 Å². The number of nitrogens with zero attached hydrogens (tertiary/aromatic N) is 4. The van der Waals surface area contributed by atoms with Crippen LogP contribution in [0.25, 0.3) is 0 Å². The van der Waals surface area contributed by atoms with E-state index in [0.29, 0.717) is 19.5 Å². The number of likely N-dealkylation sites (tertiary alicyclic amines) is 1. The second-order valence-corrected chi connectivity index (χ2v) is 7.07. The fraction of sp³-hybridized carbons (Fsp3) is 0.667. The largest absolute Gasteiger partial charge is 0.444 e. The van der Waals surface area contributed by atoms with Crippen molar-refractivity contribution in [2.24, 2.45) is 0 Å². The molecule has 0 spiro atoms. The van der Waals surface area contributed by atoms with Crippen LogP contribution in [0.4, 0.5) is 23.9 Å². The molecule has 0 aliphatic carbocycles. The summed E-state index contributed by atoms with van der Waals surface area (Å²) in [5, 5.41) is 0. The molecule has 3 rings (SSSR count). The molecule has 2 aliphatic rings. The molecule has 2 saturated heterocycles. The summed E-state index contributed by atoms with van der Waals surface area (Å²) >= 11 is 0. The van der Waals surface area contributed by atoms with Crippen molar-refractivity contribution < 1.29 is 22.7 Å². The molecule has 1 aromatic rings. The molecule has 0 N–H and O–H groups in total. The smallest absolute Gasteiger partial charge is 0.433 e. The first-order valence-corrected chi connectivity index (χ1v) is 7.71. The topological polar surface area (TPSA) is 58.6 Å². The molecule has 3 heterocycles. The van der Waals surface area contributed by atoms with Crippen molar-refractivity contribution in [2.45, 2.75) is 51.1 Å². The van der Waals surface area contributed by atoms with Crippen LogP contribution in [-0.4, -0.2) is 51.7 Å². The van der Waals surface area contributed by atoms with Gasteiger partial charge in [0.1, 0.15) is 11.3 Å². The van der Waals surface area contributed by atoms with Crippen LogP contribution in [-0.2, 0) is 10.9 Å². The minimum Gasteiger partial charge on any atom is -0.444 e. The third-order valence-corrected chi connectivity index (χ3v) is 4.06. The monoisotopic (exact) mass is 344 g/mol. The molecular weight excluding hydrogens is 325 g/mol. The predicted molar refractivity (Wildman–Crippen MR) is 79.5 cm³/mol. The number of amides is 1. The maximum atomic E-state index is 12.8. The van der Waals surface area contributed by atoms with Crippen LogP contribution in [0.3, 0.4) is 0 Å². The van der Waals surface area contributed by atoms with E-state index in [9.17, 15) is 18.0 Å². The van der Waals surface area contributed by atoms with Crippen molar-refractivity contribution in [1.29, 1.82) is 0 Å². The van der Waals surface area contributed by atoms with Gasteiger partial charge < -0.3 is 14.5 Å². The molecular formula is C15H19F3N4O2.